The van der Waals surface area contributed by atoms with Gasteiger partial charge in [-0.15, -0.1) is 0 Å². The van der Waals surface area contributed by atoms with Crippen LogP contribution in [0, 0.1) is 0 Å². The number of nitrogens with zero attached hydrogens (tertiary/aromatic N) is 5. The fraction of sp³-hybridized carbons (Fsp3) is 0.0169. The van der Waals surface area contributed by atoms with Crippen LogP contribution in [0.1, 0.15) is 22.3 Å². The van der Waals surface area contributed by atoms with E-state index in [1.165, 1.54) is 27.5 Å². The maximum Gasteiger partial charge on any atom is 0.164 e. The van der Waals surface area contributed by atoms with Crippen LogP contribution in [-0.2, 0) is 5.41 Å². The van der Waals surface area contributed by atoms with Crippen molar-refractivity contribution in [3.05, 3.63) is 259 Å². The Balaban J connectivity index is 0.962. The molecule has 1 aliphatic rings. The van der Waals surface area contributed by atoms with Gasteiger partial charge in [-0.05, 0) is 58.1 Å². The summed E-state index contributed by atoms with van der Waals surface area (Å²) in [4.78, 5) is 20.3. The van der Waals surface area contributed by atoms with E-state index in [0.29, 0.717) is 17.5 Å². The van der Waals surface area contributed by atoms with Gasteiger partial charge in [0.05, 0.1) is 27.8 Å². The van der Waals surface area contributed by atoms with E-state index in [9.17, 15) is 0 Å². The highest BCUT2D eigenvalue weighted by Gasteiger charge is 2.47. The molecule has 0 fully saturated rings. The third-order valence-corrected chi connectivity index (χ3v) is 12.5. The smallest absolute Gasteiger partial charge is 0.164 e. The lowest BCUT2D eigenvalue weighted by Gasteiger charge is -2.34. The van der Waals surface area contributed by atoms with Crippen LogP contribution in [-0.4, -0.2) is 25.2 Å². The van der Waals surface area contributed by atoms with E-state index < -0.39 is 5.41 Å². The predicted molar refractivity (Wildman–Crippen MR) is 261 cm³/mol. The molecule has 64 heavy (non-hydrogen) atoms. The van der Waals surface area contributed by atoms with Gasteiger partial charge in [0.15, 0.2) is 17.5 Å². The van der Waals surface area contributed by atoms with Crippen molar-refractivity contribution in [2.75, 3.05) is 0 Å². The summed E-state index contributed by atoms with van der Waals surface area (Å²) in [7, 11) is 0. The fourth-order valence-corrected chi connectivity index (χ4v) is 9.56. The molecule has 0 amide bonds. The van der Waals surface area contributed by atoms with E-state index in [2.05, 4.69) is 180 Å². The lowest BCUT2D eigenvalue weighted by Crippen LogP contribution is -2.36. The third-order valence-electron chi connectivity index (χ3n) is 12.5. The van der Waals surface area contributed by atoms with Crippen LogP contribution in [0.15, 0.2) is 242 Å². The SMILES string of the molecule is c1ccc(C2=Nc3cc4c5ccccc5n(-c5ccc(-c6ccc(-c7nc(-c8ccccc8)nc(-c8ccccc8)n7)cc6)cc5)c4cc3C2(c2ccccc2)c2ccccc2)cc1. The van der Waals surface area contributed by atoms with E-state index in [0.717, 1.165) is 61.5 Å². The van der Waals surface area contributed by atoms with Crippen LogP contribution in [0.4, 0.5) is 5.69 Å². The molecule has 0 aliphatic carbocycles. The lowest BCUT2D eigenvalue weighted by atomic mass is 9.65. The van der Waals surface area contributed by atoms with Gasteiger partial charge in [-0.3, -0.25) is 4.99 Å². The number of benzene rings is 9. The molecule has 0 radical (unpaired) electrons. The first-order valence-corrected chi connectivity index (χ1v) is 21.6. The van der Waals surface area contributed by atoms with Crippen LogP contribution in [0.25, 0.3) is 72.8 Å². The highest BCUT2D eigenvalue weighted by molar-refractivity contribution is 6.19. The van der Waals surface area contributed by atoms with Crippen molar-refractivity contribution in [1.29, 1.82) is 0 Å². The van der Waals surface area contributed by atoms with Crippen molar-refractivity contribution in [3.63, 3.8) is 0 Å². The minimum absolute atomic E-state index is 0.636. The molecule has 12 rings (SSSR count). The predicted octanol–water partition coefficient (Wildman–Crippen LogP) is 14.1. The molecule has 5 heteroatoms. The van der Waals surface area contributed by atoms with Crippen molar-refractivity contribution in [1.82, 2.24) is 19.5 Å². The molecular weight excluding hydrogens is 779 g/mol. The molecule has 2 aromatic heterocycles. The molecule has 300 valence electrons. The topological polar surface area (TPSA) is 56.0 Å². The maximum absolute atomic E-state index is 5.57. The van der Waals surface area contributed by atoms with Crippen LogP contribution < -0.4 is 0 Å². The second-order valence-electron chi connectivity index (χ2n) is 16.2. The Bertz CT molecular complexity index is 3400. The van der Waals surface area contributed by atoms with Crippen molar-refractivity contribution in [2.24, 2.45) is 4.99 Å². The molecule has 0 saturated carbocycles. The van der Waals surface area contributed by atoms with Gasteiger partial charge < -0.3 is 4.57 Å². The first-order valence-electron chi connectivity index (χ1n) is 21.6. The Morgan fingerprint density at radius 1 is 0.328 bits per heavy atom. The first-order chi connectivity index (χ1) is 31.7. The first kappa shape index (κ1) is 37.2. The summed E-state index contributed by atoms with van der Waals surface area (Å²) in [5.74, 6) is 1.93. The minimum Gasteiger partial charge on any atom is -0.309 e. The Kier molecular flexibility index (Phi) is 8.97. The van der Waals surface area contributed by atoms with E-state index >= 15 is 0 Å². The molecule has 0 unspecified atom stereocenters. The molecule has 0 saturated heterocycles. The quantitative estimate of drug-likeness (QED) is 0.153. The van der Waals surface area contributed by atoms with E-state index in [1.54, 1.807) is 0 Å². The summed E-state index contributed by atoms with van der Waals surface area (Å²) in [6, 6.07) is 83.4. The molecule has 0 spiro atoms. The standard InChI is InChI=1S/C59H39N5/c1-6-18-42(19-7-1)55-59(46-24-12-4-13-25-46,47-26-14-5-15-27-47)51-39-54-50(38-52(51)60-55)49-28-16-17-29-53(49)64(54)48-36-34-41(35-37-48)40-30-32-45(33-31-40)58-62-56(43-20-8-2-9-21-43)61-57(63-58)44-22-10-3-11-23-44/h1-39H. The monoisotopic (exact) mass is 817 g/mol. The zero-order valence-electron chi connectivity index (χ0n) is 34.8. The summed E-state index contributed by atoms with van der Waals surface area (Å²) >= 11 is 0. The molecule has 0 N–H and O–H groups in total. The second-order valence-corrected chi connectivity index (χ2v) is 16.2. The molecule has 0 atom stereocenters. The average molecular weight is 818 g/mol. The van der Waals surface area contributed by atoms with Crippen molar-refractivity contribution < 1.29 is 0 Å². The van der Waals surface area contributed by atoms with Gasteiger partial charge in [-0.2, -0.15) is 0 Å². The number of rotatable bonds is 8. The second kappa shape index (κ2) is 15.4. The third kappa shape index (κ3) is 6.17. The van der Waals surface area contributed by atoms with Crippen LogP contribution in [0.5, 0.6) is 0 Å². The Hall–Kier alpha value is -8.54. The highest BCUT2D eigenvalue weighted by Crippen LogP contribution is 2.53. The zero-order chi connectivity index (χ0) is 42.5. The summed E-state index contributed by atoms with van der Waals surface area (Å²) in [5.41, 5.74) is 14.5. The van der Waals surface area contributed by atoms with Gasteiger partial charge in [-0.25, -0.2) is 15.0 Å². The number of hydrogen-bond donors (Lipinski definition) is 0. The summed E-state index contributed by atoms with van der Waals surface area (Å²) in [6.45, 7) is 0. The number of para-hydroxylation sites is 1. The van der Waals surface area contributed by atoms with Gasteiger partial charge in [0.1, 0.15) is 0 Å². The molecule has 3 heterocycles. The van der Waals surface area contributed by atoms with E-state index in [4.69, 9.17) is 19.9 Å². The average Bonchev–Trinajstić information content (AvgIpc) is 3.90. The van der Waals surface area contributed by atoms with Crippen molar-refractivity contribution in [2.45, 2.75) is 5.41 Å². The maximum atomic E-state index is 5.57. The molecule has 9 aromatic carbocycles. The van der Waals surface area contributed by atoms with Gasteiger partial charge in [0.2, 0.25) is 0 Å². The molecular formula is C59H39N5. The van der Waals surface area contributed by atoms with Gasteiger partial charge in [-0.1, -0.05) is 206 Å². The molecule has 5 nitrogen and oxygen atoms in total. The van der Waals surface area contributed by atoms with Gasteiger partial charge >= 0.3 is 0 Å². The fourth-order valence-electron chi connectivity index (χ4n) is 9.56. The van der Waals surface area contributed by atoms with Crippen LogP contribution in [0.2, 0.25) is 0 Å². The Labute approximate surface area is 371 Å². The Morgan fingerprint density at radius 2 is 0.750 bits per heavy atom. The highest BCUT2D eigenvalue weighted by atomic mass is 15.0. The molecule has 0 bridgehead atoms. The Morgan fingerprint density at radius 3 is 1.28 bits per heavy atom. The van der Waals surface area contributed by atoms with E-state index in [1.807, 2.05) is 60.7 Å². The zero-order valence-corrected chi connectivity index (χ0v) is 34.8. The van der Waals surface area contributed by atoms with Crippen LogP contribution in [0.3, 0.4) is 0 Å². The number of aliphatic imine (C=N–C) groups is 1. The van der Waals surface area contributed by atoms with Crippen molar-refractivity contribution >= 4 is 33.2 Å². The van der Waals surface area contributed by atoms with E-state index in [-0.39, 0.29) is 0 Å². The molecule has 11 aromatic rings. The lowest BCUT2D eigenvalue weighted by molar-refractivity contribution is 0.851. The number of hydrogen-bond acceptors (Lipinski definition) is 4. The number of aromatic nitrogens is 4. The normalized spacial score (nSPS) is 12.9. The van der Waals surface area contributed by atoms with Crippen LogP contribution >= 0.6 is 0 Å². The largest absolute Gasteiger partial charge is 0.309 e. The van der Waals surface area contributed by atoms with Gasteiger partial charge in [0, 0.05) is 38.7 Å². The van der Waals surface area contributed by atoms with Gasteiger partial charge in [0.25, 0.3) is 0 Å². The van der Waals surface area contributed by atoms with Crippen molar-refractivity contribution in [3.8, 4) is 51.0 Å². The number of fused-ring (bicyclic) bond motifs is 4. The summed E-state index contributed by atoms with van der Waals surface area (Å²) < 4.78 is 2.41. The summed E-state index contributed by atoms with van der Waals surface area (Å²) in [5, 5.41) is 2.36. The summed E-state index contributed by atoms with van der Waals surface area (Å²) in [6.07, 6.45) is 0. The minimum atomic E-state index is -0.641. The molecule has 1 aliphatic heterocycles.